The summed E-state index contributed by atoms with van der Waals surface area (Å²) in [6.45, 7) is 1.92. The zero-order valence-electron chi connectivity index (χ0n) is 15.2. The Labute approximate surface area is 168 Å². The standard InChI is InChI=1S/C20H21ClN4O3/c21-16-8-6-15(7-9-16)19(27)25-12-10-24(11-13-25)17(18(26)23-20(22)28)14-4-2-1-3-5-14/h1-9,17H,10-13H2,(H3,22,23,26,28). The highest BCUT2D eigenvalue weighted by molar-refractivity contribution is 6.30. The van der Waals surface area contributed by atoms with Gasteiger partial charge in [-0.1, -0.05) is 41.9 Å². The van der Waals surface area contributed by atoms with Gasteiger partial charge in [0.05, 0.1) is 0 Å². The molecule has 0 aromatic heterocycles. The molecule has 3 N–H and O–H groups in total. The highest BCUT2D eigenvalue weighted by Gasteiger charge is 2.32. The summed E-state index contributed by atoms with van der Waals surface area (Å²) < 4.78 is 0. The van der Waals surface area contributed by atoms with E-state index in [1.54, 1.807) is 29.2 Å². The number of halogens is 1. The number of imide groups is 1. The lowest BCUT2D eigenvalue weighted by Crippen LogP contribution is -2.53. The fourth-order valence-electron chi connectivity index (χ4n) is 3.31. The average molecular weight is 401 g/mol. The minimum Gasteiger partial charge on any atom is -0.351 e. The monoisotopic (exact) mass is 400 g/mol. The van der Waals surface area contributed by atoms with Crippen LogP contribution in [0, 0.1) is 0 Å². The van der Waals surface area contributed by atoms with E-state index in [1.807, 2.05) is 35.2 Å². The molecule has 0 bridgehead atoms. The van der Waals surface area contributed by atoms with E-state index in [0.29, 0.717) is 36.8 Å². The maximum absolute atomic E-state index is 12.7. The Bertz CT molecular complexity index is 850. The van der Waals surface area contributed by atoms with Gasteiger partial charge in [0.15, 0.2) is 0 Å². The molecule has 1 aliphatic rings. The van der Waals surface area contributed by atoms with Gasteiger partial charge in [-0.3, -0.25) is 19.8 Å². The van der Waals surface area contributed by atoms with Gasteiger partial charge in [0, 0.05) is 36.8 Å². The lowest BCUT2D eigenvalue weighted by molar-refractivity contribution is -0.126. The van der Waals surface area contributed by atoms with Crippen molar-refractivity contribution in [3.05, 3.63) is 70.7 Å². The molecule has 0 aliphatic carbocycles. The number of nitrogens with two attached hydrogens (primary N) is 1. The van der Waals surface area contributed by atoms with E-state index in [1.165, 1.54) is 0 Å². The van der Waals surface area contributed by atoms with Crippen molar-refractivity contribution in [1.82, 2.24) is 15.1 Å². The Morgan fingerprint density at radius 2 is 1.54 bits per heavy atom. The molecule has 1 heterocycles. The molecule has 1 fully saturated rings. The van der Waals surface area contributed by atoms with Crippen LogP contribution < -0.4 is 11.1 Å². The number of benzene rings is 2. The lowest BCUT2D eigenvalue weighted by Gasteiger charge is -2.38. The first-order chi connectivity index (χ1) is 13.5. The summed E-state index contributed by atoms with van der Waals surface area (Å²) in [5.41, 5.74) is 6.46. The molecule has 1 unspecified atom stereocenters. The fraction of sp³-hybridized carbons (Fsp3) is 0.250. The molecule has 2 aromatic rings. The number of rotatable bonds is 4. The molecular formula is C20H21ClN4O3. The van der Waals surface area contributed by atoms with E-state index in [0.717, 1.165) is 5.56 Å². The van der Waals surface area contributed by atoms with Crippen molar-refractivity contribution >= 4 is 29.4 Å². The topological polar surface area (TPSA) is 95.7 Å². The van der Waals surface area contributed by atoms with Gasteiger partial charge in [-0.05, 0) is 29.8 Å². The summed E-state index contributed by atoms with van der Waals surface area (Å²) in [4.78, 5) is 40.1. The molecule has 146 valence electrons. The zero-order chi connectivity index (χ0) is 20.1. The first-order valence-electron chi connectivity index (χ1n) is 8.90. The summed E-state index contributed by atoms with van der Waals surface area (Å²) >= 11 is 5.88. The molecule has 3 rings (SSSR count). The van der Waals surface area contributed by atoms with E-state index < -0.39 is 18.0 Å². The minimum absolute atomic E-state index is 0.0748. The van der Waals surface area contributed by atoms with E-state index in [-0.39, 0.29) is 5.91 Å². The molecule has 1 saturated heterocycles. The summed E-state index contributed by atoms with van der Waals surface area (Å²) in [6.07, 6.45) is 0. The minimum atomic E-state index is -0.887. The number of nitrogens with zero attached hydrogens (tertiary/aromatic N) is 2. The van der Waals surface area contributed by atoms with Crippen molar-refractivity contribution < 1.29 is 14.4 Å². The number of hydrogen-bond acceptors (Lipinski definition) is 4. The maximum Gasteiger partial charge on any atom is 0.318 e. The number of hydrogen-bond donors (Lipinski definition) is 2. The van der Waals surface area contributed by atoms with Crippen LogP contribution in [0.25, 0.3) is 0 Å². The second kappa shape index (κ2) is 8.86. The van der Waals surface area contributed by atoms with Crippen molar-refractivity contribution in [3.63, 3.8) is 0 Å². The molecule has 1 atom stereocenters. The molecule has 0 saturated carbocycles. The van der Waals surface area contributed by atoms with Gasteiger partial charge in [0.25, 0.3) is 5.91 Å². The van der Waals surface area contributed by atoms with E-state index in [4.69, 9.17) is 17.3 Å². The van der Waals surface area contributed by atoms with Gasteiger partial charge in [-0.15, -0.1) is 0 Å². The van der Waals surface area contributed by atoms with Crippen LogP contribution in [0.15, 0.2) is 54.6 Å². The van der Waals surface area contributed by atoms with Crippen LogP contribution in [-0.2, 0) is 4.79 Å². The third kappa shape index (κ3) is 4.68. The lowest BCUT2D eigenvalue weighted by atomic mass is 10.0. The summed E-state index contributed by atoms with van der Waals surface area (Å²) in [5.74, 6) is -0.551. The predicted octanol–water partition coefficient (Wildman–Crippen LogP) is 2.03. The number of carbonyl (C=O) groups excluding carboxylic acids is 3. The van der Waals surface area contributed by atoms with E-state index in [9.17, 15) is 14.4 Å². The van der Waals surface area contributed by atoms with Gasteiger partial charge in [-0.2, -0.15) is 0 Å². The number of urea groups is 1. The summed E-state index contributed by atoms with van der Waals surface area (Å²) in [7, 11) is 0. The molecule has 0 radical (unpaired) electrons. The van der Waals surface area contributed by atoms with Crippen LogP contribution >= 0.6 is 11.6 Å². The Morgan fingerprint density at radius 1 is 0.929 bits per heavy atom. The van der Waals surface area contributed by atoms with Gasteiger partial charge in [0.1, 0.15) is 6.04 Å². The van der Waals surface area contributed by atoms with Crippen molar-refractivity contribution in [2.24, 2.45) is 5.73 Å². The average Bonchev–Trinajstić information content (AvgIpc) is 2.69. The second-order valence-electron chi connectivity index (χ2n) is 6.50. The van der Waals surface area contributed by atoms with Crippen LogP contribution in [0.1, 0.15) is 22.0 Å². The SMILES string of the molecule is NC(=O)NC(=O)C(c1ccccc1)N1CCN(C(=O)c2ccc(Cl)cc2)CC1. The van der Waals surface area contributed by atoms with Gasteiger partial charge < -0.3 is 10.6 Å². The van der Waals surface area contributed by atoms with Crippen LogP contribution in [-0.4, -0.2) is 53.8 Å². The van der Waals surface area contributed by atoms with Crippen molar-refractivity contribution in [2.45, 2.75) is 6.04 Å². The Morgan fingerprint density at radius 3 is 2.11 bits per heavy atom. The summed E-state index contributed by atoms with van der Waals surface area (Å²) in [6, 6.07) is 14.4. The molecule has 1 aliphatic heterocycles. The van der Waals surface area contributed by atoms with Crippen LogP contribution in [0.3, 0.4) is 0 Å². The smallest absolute Gasteiger partial charge is 0.318 e. The third-order valence-corrected chi connectivity index (χ3v) is 4.92. The first-order valence-corrected chi connectivity index (χ1v) is 9.27. The molecule has 0 spiro atoms. The normalized spacial score (nSPS) is 15.7. The van der Waals surface area contributed by atoms with E-state index >= 15 is 0 Å². The molecule has 28 heavy (non-hydrogen) atoms. The highest BCUT2D eigenvalue weighted by atomic mass is 35.5. The first kappa shape index (κ1) is 19.9. The van der Waals surface area contributed by atoms with Crippen molar-refractivity contribution in [3.8, 4) is 0 Å². The molecule has 2 aromatic carbocycles. The van der Waals surface area contributed by atoms with Crippen LogP contribution in [0.4, 0.5) is 4.79 Å². The number of carbonyl (C=O) groups is 3. The fourth-order valence-corrected chi connectivity index (χ4v) is 3.44. The largest absolute Gasteiger partial charge is 0.351 e. The molecule has 8 heteroatoms. The molecule has 7 nitrogen and oxygen atoms in total. The van der Waals surface area contributed by atoms with Crippen molar-refractivity contribution in [1.29, 1.82) is 0 Å². The Hall–Kier alpha value is -2.90. The van der Waals surface area contributed by atoms with Crippen molar-refractivity contribution in [2.75, 3.05) is 26.2 Å². The third-order valence-electron chi connectivity index (χ3n) is 4.67. The maximum atomic E-state index is 12.7. The second-order valence-corrected chi connectivity index (χ2v) is 6.94. The number of amides is 4. The number of primary amides is 1. The van der Waals surface area contributed by atoms with Gasteiger partial charge >= 0.3 is 6.03 Å². The van der Waals surface area contributed by atoms with Gasteiger partial charge in [0.2, 0.25) is 5.91 Å². The summed E-state index contributed by atoms with van der Waals surface area (Å²) in [5, 5.41) is 2.75. The Kier molecular flexibility index (Phi) is 6.28. The van der Waals surface area contributed by atoms with Crippen LogP contribution in [0.5, 0.6) is 0 Å². The van der Waals surface area contributed by atoms with Crippen LogP contribution in [0.2, 0.25) is 5.02 Å². The van der Waals surface area contributed by atoms with E-state index in [2.05, 4.69) is 5.32 Å². The molecule has 4 amide bonds. The number of piperazine rings is 1. The quantitative estimate of drug-likeness (QED) is 0.820. The van der Waals surface area contributed by atoms with Gasteiger partial charge in [-0.25, -0.2) is 4.79 Å². The Balaban J connectivity index is 1.71. The number of nitrogens with one attached hydrogen (secondary N) is 1. The zero-order valence-corrected chi connectivity index (χ0v) is 15.9. The molecular weight excluding hydrogens is 380 g/mol. The highest BCUT2D eigenvalue weighted by Crippen LogP contribution is 2.23. The predicted molar refractivity (Wildman–Crippen MR) is 106 cm³/mol.